The van der Waals surface area contributed by atoms with Crippen molar-refractivity contribution in [3.05, 3.63) is 43.6 Å². The zero-order valence-corrected chi connectivity index (χ0v) is 41.9. The monoisotopic (exact) mass is 913 g/mol. The van der Waals surface area contributed by atoms with Crippen LogP contribution >= 0.6 is 34.0 Å². The first-order valence-corrected chi connectivity index (χ1v) is 27.2. The van der Waals surface area contributed by atoms with Gasteiger partial charge < -0.3 is 28.4 Å². The van der Waals surface area contributed by atoms with Crippen molar-refractivity contribution in [1.82, 2.24) is 0 Å². The summed E-state index contributed by atoms with van der Waals surface area (Å²) >= 11 is 5.65. The Kier molecular flexibility index (Phi) is 20.0. The van der Waals surface area contributed by atoms with Gasteiger partial charge in [0.1, 0.15) is 0 Å². The molecule has 0 fully saturated rings. The summed E-state index contributed by atoms with van der Waals surface area (Å²) in [7, 11) is 0. The van der Waals surface area contributed by atoms with E-state index < -0.39 is 0 Å². The lowest BCUT2D eigenvalue weighted by Crippen LogP contribution is -2.34. The number of ether oxygens (including phenoxy) is 6. The van der Waals surface area contributed by atoms with Gasteiger partial charge >= 0.3 is 0 Å². The quantitative estimate of drug-likeness (QED) is 0.0445. The Hall–Kier alpha value is -1.47. The maximum absolute atomic E-state index is 13.0. The van der Waals surface area contributed by atoms with Crippen LogP contribution in [-0.4, -0.2) is 85.6 Å². The highest BCUT2D eigenvalue weighted by atomic mass is 32.1. The predicted octanol–water partition coefficient (Wildman–Crippen LogP) is 13.2. The first-order chi connectivity index (χ1) is 30.3. The molecule has 0 saturated heterocycles. The van der Waals surface area contributed by atoms with Gasteiger partial charge in [-0.25, -0.2) is 0 Å². The smallest absolute Gasteiger partial charge is 0.160 e. The fourth-order valence-corrected chi connectivity index (χ4v) is 13.8. The molecule has 0 spiro atoms. The zero-order chi connectivity index (χ0) is 43.8. The molecule has 6 rings (SSSR count). The average Bonchev–Trinajstić information content (AvgIpc) is 4.12. The van der Waals surface area contributed by atoms with Crippen LogP contribution in [0.5, 0.6) is 0 Å². The molecule has 0 atom stereocenters. The highest BCUT2D eigenvalue weighted by Gasteiger charge is 2.47. The van der Waals surface area contributed by atoms with Gasteiger partial charge in [0.2, 0.25) is 0 Å². The molecule has 0 aliphatic heterocycles. The highest BCUT2D eigenvalue weighted by Crippen LogP contribution is 2.58. The predicted molar refractivity (Wildman–Crippen MR) is 260 cm³/mol. The summed E-state index contributed by atoms with van der Waals surface area (Å²) in [6.07, 6.45) is 19.9. The molecule has 0 unspecified atom stereocenters. The van der Waals surface area contributed by atoms with Crippen LogP contribution in [0.15, 0.2) is 5.38 Å². The molecule has 348 valence electrons. The third kappa shape index (κ3) is 12.3. The summed E-state index contributed by atoms with van der Waals surface area (Å²) in [6, 6.07) is 0. The van der Waals surface area contributed by atoms with E-state index in [1.807, 2.05) is 22.7 Å². The maximum Gasteiger partial charge on any atom is 0.160 e. The first kappa shape index (κ1) is 50.0. The number of unbranched alkanes of at least 4 members (excludes halogenated alkanes) is 6. The second-order valence-corrected chi connectivity index (χ2v) is 22.1. The first-order valence-electron chi connectivity index (χ1n) is 24.6. The molecule has 0 bridgehead atoms. The van der Waals surface area contributed by atoms with Crippen molar-refractivity contribution < 1.29 is 33.2 Å². The van der Waals surface area contributed by atoms with Crippen molar-refractivity contribution in [1.29, 1.82) is 0 Å². The van der Waals surface area contributed by atoms with Gasteiger partial charge in [0.25, 0.3) is 0 Å². The van der Waals surface area contributed by atoms with Gasteiger partial charge in [0.15, 0.2) is 6.29 Å². The molecule has 0 saturated carbocycles. The van der Waals surface area contributed by atoms with E-state index in [2.05, 4.69) is 46.9 Å². The van der Waals surface area contributed by atoms with Gasteiger partial charge in [-0.05, 0) is 116 Å². The molecule has 0 radical (unpaired) electrons. The lowest BCUT2D eigenvalue weighted by molar-refractivity contribution is -0.0189. The molecule has 0 aromatic carbocycles. The van der Waals surface area contributed by atoms with Crippen molar-refractivity contribution in [3.63, 3.8) is 0 Å². The minimum absolute atomic E-state index is 0.0443. The molecule has 3 aromatic heterocycles. The summed E-state index contributed by atoms with van der Waals surface area (Å²) < 4.78 is 38.9. The number of rotatable bonds is 33. The minimum atomic E-state index is -0.170. The molecule has 0 amide bonds. The van der Waals surface area contributed by atoms with E-state index in [1.54, 1.807) is 11.3 Å². The van der Waals surface area contributed by atoms with E-state index in [0.29, 0.717) is 26.4 Å². The van der Waals surface area contributed by atoms with Crippen LogP contribution in [0, 0.1) is 16.2 Å². The van der Waals surface area contributed by atoms with Gasteiger partial charge in [-0.1, -0.05) is 80.1 Å². The molecular weight excluding hydrogens is 833 g/mol. The van der Waals surface area contributed by atoms with E-state index in [9.17, 15) is 4.79 Å². The Balaban J connectivity index is 1.41. The molecule has 3 aliphatic carbocycles. The van der Waals surface area contributed by atoms with E-state index in [4.69, 9.17) is 28.4 Å². The summed E-state index contributed by atoms with van der Waals surface area (Å²) in [5.74, 6) is 0. The molecule has 10 heteroatoms. The van der Waals surface area contributed by atoms with Crippen LogP contribution in [0.4, 0.5) is 0 Å². The molecular formula is C52H80O7S3. The van der Waals surface area contributed by atoms with Crippen LogP contribution in [0.25, 0.3) is 19.5 Å². The van der Waals surface area contributed by atoms with Crippen LogP contribution < -0.4 is 0 Å². The van der Waals surface area contributed by atoms with Crippen molar-refractivity contribution in [2.24, 2.45) is 16.2 Å². The lowest BCUT2D eigenvalue weighted by atomic mass is 9.85. The number of hydrogen-bond acceptors (Lipinski definition) is 10. The Morgan fingerprint density at radius 2 is 0.758 bits per heavy atom. The molecule has 3 aliphatic rings. The van der Waals surface area contributed by atoms with Gasteiger partial charge in [-0.15, -0.1) is 34.0 Å². The summed E-state index contributed by atoms with van der Waals surface area (Å²) in [5, 5.41) is 2.44. The largest absolute Gasteiger partial charge is 0.381 e. The fourth-order valence-electron chi connectivity index (χ4n) is 9.78. The van der Waals surface area contributed by atoms with E-state index in [-0.39, 0.29) is 16.2 Å². The van der Waals surface area contributed by atoms with Crippen LogP contribution in [-0.2, 0) is 66.9 Å². The average molecular weight is 913 g/mol. The zero-order valence-electron chi connectivity index (χ0n) is 39.5. The van der Waals surface area contributed by atoms with E-state index >= 15 is 0 Å². The number of aldehydes is 1. The molecule has 0 N–H and O–H groups in total. The third-order valence-corrected chi connectivity index (χ3v) is 17.3. The number of fused-ring (bicyclic) bond motifs is 3. The molecule has 7 nitrogen and oxygen atoms in total. The van der Waals surface area contributed by atoms with Crippen LogP contribution in [0.1, 0.15) is 162 Å². The molecule has 3 heterocycles. The Morgan fingerprint density at radius 3 is 1.15 bits per heavy atom. The van der Waals surface area contributed by atoms with Crippen LogP contribution in [0.2, 0.25) is 0 Å². The van der Waals surface area contributed by atoms with Gasteiger partial charge in [-0.2, -0.15) is 0 Å². The van der Waals surface area contributed by atoms with Gasteiger partial charge in [-0.3, -0.25) is 4.79 Å². The summed E-state index contributed by atoms with van der Waals surface area (Å²) in [5.41, 5.74) is 8.14. The second kappa shape index (κ2) is 24.9. The van der Waals surface area contributed by atoms with Gasteiger partial charge in [0, 0.05) is 75.4 Å². The standard InChI is InChI=1S/C52H80O7S3/c1-7-13-19-54-33-50(34-55-20-14-8-2)25-39-32-60-46(40(39)26-50)47-43-29-52(37-58-23-17-11-5,38-59-24-18-12-6)30-44(43)49(62-47)48-42-28-51(35-56-21-15-9-3,36-57-22-16-10-4)27-41(42)45(31-53)61-48/h31-32H,7-30,33-38H2,1-6H3. The lowest BCUT2D eigenvalue weighted by Gasteiger charge is -2.30. The number of carbonyl (C=O) groups is 1. The maximum atomic E-state index is 13.0. The molecule has 62 heavy (non-hydrogen) atoms. The fraction of sp³-hybridized carbons (Fsp3) is 0.750. The highest BCUT2D eigenvalue weighted by molar-refractivity contribution is 7.27. The van der Waals surface area contributed by atoms with Gasteiger partial charge in [0.05, 0.1) is 44.5 Å². The van der Waals surface area contributed by atoms with Crippen molar-refractivity contribution in [3.8, 4) is 19.5 Å². The summed E-state index contributed by atoms with van der Waals surface area (Å²) in [6.45, 7) is 22.3. The number of hydrogen-bond donors (Lipinski definition) is 0. The Morgan fingerprint density at radius 1 is 0.435 bits per heavy atom. The van der Waals surface area contributed by atoms with Crippen molar-refractivity contribution in [2.45, 2.75) is 157 Å². The normalized spacial score (nSPS) is 16.9. The number of thiophene rings is 3. The molecule has 3 aromatic rings. The van der Waals surface area contributed by atoms with E-state index in [0.717, 1.165) is 180 Å². The minimum Gasteiger partial charge on any atom is -0.381 e. The second-order valence-electron chi connectivity index (χ2n) is 19.2. The third-order valence-electron chi connectivity index (χ3n) is 13.4. The Labute approximate surface area is 387 Å². The summed E-state index contributed by atoms with van der Waals surface area (Å²) in [4.78, 5) is 19.4. The van der Waals surface area contributed by atoms with Crippen molar-refractivity contribution in [2.75, 3.05) is 79.3 Å². The topological polar surface area (TPSA) is 72.5 Å². The van der Waals surface area contributed by atoms with Crippen molar-refractivity contribution >= 4 is 40.3 Å². The number of carbonyl (C=O) groups excluding carboxylic acids is 1. The van der Waals surface area contributed by atoms with Crippen LogP contribution in [0.3, 0.4) is 0 Å². The van der Waals surface area contributed by atoms with E-state index in [1.165, 1.54) is 52.9 Å². The SMILES string of the molecule is CCCCOCC1(COCCCC)Cc2csc(-c3sc(-c4sc(C=O)c5c4CC(COCCCC)(COCCCC)C5)c4c3CC(COCCCC)(COCCCC)C4)c2C1. The Bertz CT molecular complexity index is 1770.